The molecule has 114 valence electrons. The molecule has 0 spiro atoms. The fraction of sp³-hybridized carbons (Fsp3) is 0.278. The average molecular weight is 298 g/mol. The van der Waals surface area contributed by atoms with Crippen LogP contribution in [0.5, 0.6) is 17.2 Å². The maximum Gasteiger partial charge on any atom is 0.186 e. The Kier molecular flexibility index (Phi) is 4.00. The van der Waals surface area contributed by atoms with Gasteiger partial charge in [0.2, 0.25) is 0 Å². The molecule has 0 fully saturated rings. The lowest BCUT2D eigenvalue weighted by atomic mass is 9.93. The Labute approximate surface area is 130 Å². The van der Waals surface area contributed by atoms with Crippen LogP contribution in [-0.4, -0.2) is 31.6 Å². The van der Waals surface area contributed by atoms with Crippen molar-refractivity contribution in [1.82, 2.24) is 0 Å². The number of nitrogens with one attached hydrogen (secondary N) is 1. The van der Waals surface area contributed by atoms with Crippen molar-refractivity contribution in [3.63, 3.8) is 0 Å². The molecule has 0 bridgehead atoms. The summed E-state index contributed by atoms with van der Waals surface area (Å²) in [5, 5.41) is 9.91. The predicted octanol–water partition coefficient (Wildman–Crippen LogP) is 1.08. The monoisotopic (exact) mass is 298 g/mol. The van der Waals surface area contributed by atoms with E-state index in [1.165, 1.54) is 16.8 Å². The number of hydrogen-bond donors (Lipinski definition) is 2. The van der Waals surface area contributed by atoms with Gasteiger partial charge in [-0.3, -0.25) is 0 Å². The molecule has 0 saturated carbocycles. The van der Waals surface area contributed by atoms with E-state index in [2.05, 4.69) is 17.1 Å². The topological polar surface area (TPSA) is 52.7 Å². The van der Waals surface area contributed by atoms with E-state index in [-0.39, 0.29) is 5.75 Å². The van der Waals surface area contributed by atoms with E-state index < -0.39 is 0 Å². The zero-order valence-electron chi connectivity index (χ0n) is 12.8. The normalized spacial score (nSPS) is 13.3. The van der Waals surface area contributed by atoms with E-state index >= 15 is 0 Å². The summed E-state index contributed by atoms with van der Waals surface area (Å²) in [7, 11) is 3.24. The summed E-state index contributed by atoms with van der Waals surface area (Å²) in [5.74, 6) is 1.56. The van der Waals surface area contributed by atoms with Crippen LogP contribution >= 0.6 is 0 Å². The lowest BCUT2D eigenvalue weighted by Gasteiger charge is -2.14. The van der Waals surface area contributed by atoms with Crippen molar-refractivity contribution in [2.75, 3.05) is 20.8 Å². The fourth-order valence-corrected chi connectivity index (χ4v) is 2.85. The highest BCUT2D eigenvalue weighted by Crippen LogP contribution is 2.27. The number of methoxy groups -OCH3 is 2. The zero-order valence-corrected chi connectivity index (χ0v) is 12.8. The average Bonchev–Trinajstić information content (AvgIpc) is 2.55. The minimum atomic E-state index is 0.173. The van der Waals surface area contributed by atoms with E-state index in [9.17, 15) is 5.11 Å². The molecule has 2 aromatic carbocycles. The van der Waals surface area contributed by atoms with Crippen molar-refractivity contribution in [3.8, 4) is 17.2 Å². The van der Waals surface area contributed by atoms with Crippen LogP contribution in [0, 0.1) is 0 Å². The molecule has 0 radical (unpaired) electrons. The van der Waals surface area contributed by atoms with Crippen LogP contribution in [0.2, 0.25) is 0 Å². The Morgan fingerprint density at radius 3 is 2.68 bits per heavy atom. The molecule has 2 N–H and O–H groups in total. The molecule has 3 rings (SSSR count). The molecular weight excluding hydrogens is 278 g/mol. The third kappa shape index (κ3) is 2.77. The van der Waals surface area contributed by atoms with Gasteiger partial charge in [0, 0.05) is 12.0 Å². The van der Waals surface area contributed by atoms with Crippen molar-refractivity contribution in [3.05, 3.63) is 53.1 Å². The number of phenols is 1. The number of fused-ring (bicyclic) bond motifs is 1. The number of benzene rings is 2. The summed E-state index contributed by atoms with van der Waals surface area (Å²) < 4.78 is 10.4. The summed E-state index contributed by atoms with van der Waals surface area (Å²) in [4.78, 5) is 3.47. The summed E-state index contributed by atoms with van der Waals surface area (Å²) in [6.45, 7) is 0.914. The quantitative estimate of drug-likeness (QED) is 0.888. The number of phenolic OH excluding ortho intramolecular Hbond substituents is 1. The molecule has 0 aromatic heterocycles. The smallest absolute Gasteiger partial charge is 0.186 e. The first kappa shape index (κ1) is 14.4. The minimum Gasteiger partial charge on any atom is -0.504 e. The number of aromatic hydroxyl groups is 1. The molecule has 0 amide bonds. The maximum atomic E-state index is 9.91. The van der Waals surface area contributed by atoms with E-state index in [1.807, 2.05) is 12.1 Å². The van der Waals surface area contributed by atoms with Gasteiger partial charge in [-0.1, -0.05) is 6.07 Å². The van der Waals surface area contributed by atoms with Crippen LogP contribution in [0.4, 0.5) is 0 Å². The first-order valence-electron chi connectivity index (χ1n) is 7.34. The molecular formula is C18H20NO3+. The molecule has 4 heteroatoms. The van der Waals surface area contributed by atoms with Crippen molar-refractivity contribution >= 4 is 5.71 Å². The van der Waals surface area contributed by atoms with Gasteiger partial charge in [-0.2, -0.15) is 0 Å². The number of rotatable bonds is 4. The van der Waals surface area contributed by atoms with Gasteiger partial charge in [0.1, 0.15) is 12.3 Å². The first-order valence-corrected chi connectivity index (χ1v) is 7.34. The van der Waals surface area contributed by atoms with Gasteiger partial charge >= 0.3 is 0 Å². The second-order valence-electron chi connectivity index (χ2n) is 5.36. The zero-order chi connectivity index (χ0) is 15.5. The van der Waals surface area contributed by atoms with Crippen molar-refractivity contribution < 1.29 is 19.6 Å². The highest BCUT2D eigenvalue weighted by atomic mass is 16.5. The Balaban J connectivity index is 1.88. The Hall–Kier alpha value is -2.49. The Bertz CT molecular complexity index is 722. The van der Waals surface area contributed by atoms with Gasteiger partial charge in [0.15, 0.2) is 17.2 Å². The number of ether oxygens (including phenoxy) is 2. The van der Waals surface area contributed by atoms with Gasteiger partial charge in [0.25, 0.3) is 0 Å². The molecule has 1 aliphatic rings. The largest absolute Gasteiger partial charge is 0.504 e. The molecule has 2 aromatic rings. The van der Waals surface area contributed by atoms with Crippen LogP contribution in [0.1, 0.15) is 16.7 Å². The second-order valence-corrected chi connectivity index (χ2v) is 5.36. The molecule has 0 saturated heterocycles. The first-order chi connectivity index (χ1) is 10.7. The highest BCUT2D eigenvalue weighted by molar-refractivity contribution is 5.99. The second kappa shape index (κ2) is 6.10. The van der Waals surface area contributed by atoms with Gasteiger partial charge in [-0.25, -0.2) is 4.99 Å². The van der Waals surface area contributed by atoms with Gasteiger partial charge in [-0.15, -0.1) is 0 Å². The molecule has 22 heavy (non-hydrogen) atoms. The number of hydrogen-bond acceptors (Lipinski definition) is 3. The summed E-state index contributed by atoms with van der Waals surface area (Å²) in [6, 6.07) is 11.7. The molecule has 0 aliphatic carbocycles. The third-order valence-corrected chi connectivity index (χ3v) is 3.99. The van der Waals surface area contributed by atoms with Crippen molar-refractivity contribution in [1.29, 1.82) is 0 Å². The van der Waals surface area contributed by atoms with Crippen LogP contribution in [0.15, 0.2) is 36.4 Å². The molecule has 1 heterocycles. The molecule has 0 unspecified atom stereocenters. The van der Waals surface area contributed by atoms with E-state index in [4.69, 9.17) is 9.47 Å². The maximum absolute atomic E-state index is 9.91. The van der Waals surface area contributed by atoms with Crippen LogP contribution in [-0.2, 0) is 12.8 Å². The summed E-state index contributed by atoms with van der Waals surface area (Å²) in [6.07, 6.45) is 1.74. The van der Waals surface area contributed by atoms with E-state index in [0.29, 0.717) is 5.75 Å². The van der Waals surface area contributed by atoms with Gasteiger partial charge in [-0.05, 0) is 41.5 Å². The Morgan fingerprint density at radius 1 is 1.09 bits per heavy atom. The lowest BCUT2D eigenvalue weighted by molar-refractivity contribution is -0.458. The van der Waals surface area contributed by atoms with Crippen molar-refractivity contribution in [2.45, 2.75) is 12.8 Å². The van der Waals surface area contributed by atoms with Gasteiger partial charge < -0.3 is 14.6 Å². The molecule has 0 atom stereocenters. The SMILES string of the molecule is COc1ccc2c(c1)CC[NH+]=C2Cc1ccc(OC)c(O)c1. The fourth-order valence-electron chi connectivity index (χ4n) is 2.85. The van der Waals surface area contributed by atoms with E-state index in [1.54, 1.807) is 26.4 Å². The van der Waals surface area contributed by atoms with Crippen molar-refractivity contribution in [2.24, 2.45) is 0 Å². The molecule has 1 aliphatic heterocycles. The summed E-state index contributed by atoms with van der Waals surface area (Å²) >= 11 is 0. The van der Waals surface area contributed by atoms with E-state index in [0.717, 1.165) is 30.7 Å². The van der Waals surface area contributed by atoms with Crippen LogP contribution in [0.3, 0.4) is 0 Å². The van der Waals surface area contributed by atoms with Crippen LogP contribution < -0.4 is 14.5 Å². The minimum absolute atomic E-state index is 0.173. The Morgan fingerprint density at radius 2 is 1.95 bits per heavy atom. The predicted molar refractivity (Wildman–Crippen MR) is 85.0 cm³/mol. The third-order valence-electron chi connectivity index (χ3n) is 3.99. The van der Waals surface area contributed by atoms with Crippen LogP contribution in [0.25, 0.3) is 0 Å². The van der Waals surface area contributed by atoms with Gasteiger partial charge in [0.05, 0.1) is 20.6 Å². The summed E-state index contributed by atoms with van der Waals surface area (Å²) in [5.41, 5.74) is 4.74. The lowest BCUT2D eigenvalue weighted by Crippen LogP contribution is -2.76. The highest BCUT2D eigenvalue weighted by Gasteiger charge is 2.20. The standard InChI is InChI=1S/C18H19NO3/c1-21-14-4-5-15-13(11-14)7-8-19-16(15)9-12-3-6-18(22-2)17(20)10-12/h3-6,10-11,20H,7-9H2,1-2H3/p+1. The molecule has 4 nitrogen and oxygen atoms in total.